The molecule has 0 aromatic carbocycles. The van der Waals surface area contributed by atoms with Gasteiger partial charge in [-0.3, -0.25) is 4.68 Å². The van der Waals surface area contributed by atoms with Crippen molar-refractivity contribution in [3.05, 3.63) is 18.5 Å². The van der Waals surface area contributed by atoms with Gasteiger partial charge in [0.1, 0.15) is 0 Å². The van der Waals surface area contributed by atoms with Crippen molar-refractivity contribution < 1.29 is 8.42 Å². The van der Waals surface area contributed by atoms with Gasteiger partial charge < -0.3 is 5.32 Å². The van der Waals surface area contributed by atoms with Gasteiger partial charge in [-0.1, -0.05) is 6.92 Å². The summed E-state index contributed by atoms with van der Waals surface area (Å²) in [5.74, 6) is 0.182. The molecule has 1 rings (SSSR count). The van der Waals surface area contributed by atoms with Crippen LogP contribution in [0.4, 0.5) is 0 Å². The van der Waals surface area contributed by atoms with E-state index in [0.29, 0.717) is 13.0 Å². The Morgan fingerprint density at radius 3 is 2.79 bits per heavy atom. The van der Waals surface area contributed by atoms with E-state index in [1.807, 2.05) is 26.1 Å². The van der Waals surface area contributed by atoms with E-state index >= 15 is 0 Å². The molecule has 7 heteroatoms. The zero-order valence-electron chi connectivity index (χ0n) is 11.7. The maximum Gasteiger partial charge on any atom is 0.211 e. The molecule has 0 spiro atoms. The quantitative estimate of drug-likeness (QED) is 0.618. The van der Waals surface area contributed by atoms with E-state index in [1.54, 1.807) is 10.9 Å². The molecular weight excluding hydrogens is 264 g/mol. The SMILES string of the molecule is CCNCCCCS(=O)(=O)NC(C)Cn1cccn1. The second-order valence-electron chi connectivity index (χ2n) is 4.63. The number of aromatic nitrogens is 2. The second kappa shape index (κ2) is 8.29. The molecule has 19 heavy (non-hydrogen) atoms. The third-order valence-corrected chi connectivity index (χ3v) is 4.26. The molecule has 0 aliphatic heterocycles. The minimum absolute atomic E-state index is 0.154. The van der Waals surface area contributed by atoms with E-state index in [0.717, 1.165) is 19.5 Å². The van der Waals surface area contributed by atoms with E-state index in [4.69, 9.17) is 0 Å². The van der Waals surface area contributed by atoms with Gasteiger partial charge in [-0.2, -0.15) is 5.10 Å². The lowest BCUT2D eigenvalue weighted by atomic mass is 10.3. The number of hydrogen-bond acceptors (Lipinski definition) is 4. The zero-order valence-corrected chi connectivity index (χ0v) is 12.5. The van der Waals surface area contributed by atoms with Gasteiger partial charge >= 0.3 is 0 Å². The van der Waals surface area contributed by atoms with E-state index in [-0.39, 0.29) is 11.8 Å². The van der Waals surface area contributed by atoms with Crippen molar-refractivity contribution in [2.75, 3.05) is 18.8 Å². The average molecular weight is 288 g/mol. The van der Waals surface area contributed by atoms with Crippen LogP contribution in [0.3, 0.4) is 0 Å². The Morgan fingerprint density at radius 1 is 1.37 bits per heavy atom. The molecule has 1 unspecified atom stereocenters. The Kier molecular flexibility index (Phi) is 7.04. The molecule has 1 atom stereocenters. The van der Waals surface area contributed by atoms with Gasteiger partial charge in [-0.15, -0.1) is 0 Å². The van der Waals surface area contributed by atoms with Crippen molar-refractivity contribution in [3.63, 3.8) is 0 Å². The largest absolute Gasteiger partial charge is 0.317 e. The maximum absolute atomic E-state index is 11.8. The monoisotopic (exact) mass is 288 g/mol. The van der Waals surface area contributed by atoms with Crippen molar-refractivity contribution in [2.45, 2.75) is 39.3 Å². The van der Waals surface area contributed by atoms with Crippen LogP contribution < -0.4 is 10.0 Å². The topological polar surface area (TPSA) is 76.0 Å². The fraction of sp³-hybridized carbons (Fsp3) is 0.750. The third-order valence-electron chi connectivity index (χ3n) is 2.67. The average Bonchev–Trinajstić information content (AvgIpc) is 2.80. The highest BCUT2D eigenvalue weighted by atomic mass is 32.2. The Hall–Kier alpha value is -0.920. The van der Waals surface area contributed by atoms with Gasteiger partial charge in [0.25, 0.3) is 0 Å². The molecule has 0 aliphatic carbocycles. The highest BCUT2D eigenvalue weighted by Crippen LogP contribution is 1.98. The summed E-state index contributed by atoms with van der Waals surface area (Å²) in [4.78, 5) is 0. The molecule has 1 aromatic rings. The number of nitrogens with one attached hydrogen (secondary N) is 2. The molecule has 0 fully saturated rings. The van der Waals surface area contributed by atoms with E-state index in [9.17, 15) is 8.42 Å². The van der Waals surface area contributed by atoms with Crippen molar-refractivity contribution in [3.8, 4) is 0 Å². The highest BCUT2D eigenvalue weighted by molar-refractivity contribution is 7.89. The summed E-state index contributed by atoms with van der Waals surface area (Å²) < 4.78 is 28.1. The molecule has 0 amide bonds. The first-order valence-electron chi connectivity index (χ1n) is 6.71. The number of sulfonamides is 1. The molecule has 1 aromatic heterocycles. The first kappa shape index (κ1) is 16.1. The second-order valence-corrected chi connectivity index (χ2v) is 6.50. The first-order valence-corrected chi connectivity index (χ1v) is 8.37. The molecule has 0 saturated carbocycles. The summed E-state index contributed by atoms with van der Waals surface area (Å²) in [5.41, 5.74) is 0. The Morgan fingerprint density at radius 2 is 2.16 bits per heavy atom. The minimum atomic E-state index is -3.19. The molecule has 110 valence electrons. The van der Waals surface area contributed by atoms with Crippen LogP contribution in [0.2, 0.25) is 0 Å². The summed E-state index contributed by atoms with van der Waals surface area (Å²) >= 11 is 0. The Balaban J connectivity index is 2.25. The van der Waals surface area contributed by atoms with Crippen LogP contribution in [0, 0.1) is 0 Å². The zero-order chi connectivity index (χ0) is 14.1. The summed E-state index contributed by atoms with van der Waals surface area (Å²) in [5, 5.41) is 7.23. The summed E-state index contributed by atoms with van der Waals surface area (Å²) in [6.45, 7) is 6.22. The number of hydrogen-bond donors (Lipinski definition) is 2. The molecule has 2 N–H and O–H groups in total. The molecule has 1 heterocycles. The summed E-state index contributed by atoms with van der Waals surface area (Å²) in [6.07, 6.45) is 5.06. The lowest BCUT2D eigenvalue weighted by molar-refractivity contribution is 0.492. The molecule has 6 nitrogen and oxygen atoms in total. The van der Waals surface area contributed by atoms with E-state index in [1.165, 1.54) is 0 Å². The lowest BCUT2D eigenvalue weighted by Crippen LogP contribution is -2.37. The molecule has 0 saturated heterocycles. The highest BCUT2D eigenvalue weighted by Gasteiger charge is 2.14. The molecule has 0 aliphatic rings. The van der Waals surface area contributed by atoms with Gasteiger partial charge in [0.05, 0.1) is 12.3 Å². The minimum Gasteiger partial charge on any atom is -0.317 e. The Bertz CT molecular complexity index is 431. The number of unbranched alkanes of at least 4 members (excludes halogenated alkanes) is 1. The predicted octanol–water partition coefficient (Wildman–Crippen LogP) is 0.581. The lowest BCUT2D eigenvalue weighted by Gasteiger charge is -2.14. The normalized spacial score (nSPS) is 13.6. The van der Waals surface area contributed by atoms with Crippen LogP contribution >= 0.6 is 0 Å². The van der Waals surface area contributed by atoms with Gasteiger partial charge in [-0.05, 0) is 38.9 Å². The number of rotatable bonds is 10. The molecule has 0 radical (unpaired) electrons. The summed E-state index contributed by atoms with van der Waals surface area (Å²) in [7, 11) is -3.19. The van der Waals surface area contributed by atoms with Crippen molar-refractivity contribution in [2.24, 2.45) is 0 Å². The third kappa shape index (κ3) is 7.29. The van der Waals surface area contributed by atoms with Crippen LogP contribution in [0.25, 0.3) is 0 Å². The molecule has 0 bridgehead atoms. The fourth-order valence-electron chi connectivity index (χ4n) is 1.81. The fourth-order valence-corrected chi connectivity index (χ4v) is 3.20. The van der Waals surface area contributed by atoms with Gasteiger partial charge in [0.15, 0.2) is 0 Å². The predicted molar refractivity (Wildman–Crippen MR) is 76.4 cm³/mol. The number of nitrogens with zero attached hydrogens (tertiary/aromatic N) is 2. The van der Waals surface area contributed by atoms with Gasteiger partial charge in [0.2, 0.25) is 10.0 Å². The van der Waals surface area contributed by atoms with Crippen LogP contribution in [0.1, 0.15) is 26.7 Å². The standard InChI is InChI=1S/C12H24N4O2S/c1-3-13-7-4-5-10-19(17,18)15-12(2)11-16-9-6-8-14-16/h6,8-9,12-13,15H,3-5,7,10-11H2,1-2H3. The summed E-state index contributed by atoms with van der Waals surface area (Å²) in [6, 6.07) is 1.67. The van der Waals surface area contributed by atoms with Crippen LogP contribution in [0.5, 0.6) is 0 Å². The van der Waals surface area contributed by atoms with Gasteiger partial charge in [-0.25, -0.2) is 13.1 Å². The van der Waals surface area contributed by atoms with Crippen LogP contribution in [0.15, 0.2) is 18.5 Å². The van der Waals surface area contributed by atoms with Crippen molar-refractivity contribution in [1.29, 1.82) is 0 Å². The van der Waals surface area contributed by atoms with Crippen molar-refractivity contribution in [1.82, 2.24) is 19.8 Å². The van der Waals surface area contributed by atoms with Crippen molar-refractivity contribution >= 4 is 10.0 Å². The van der Waals surface area contributed by atoms with Crippen LogP contribution in [-0.2, 0) is 16.6 Å². The van der Waals surface area contributed by atoms with Gasteiger partial charge in [0, 0.05) is 18.4 Å². The maximum atomic E-state index is 11.8. The Labute approximate surface area is 115 Å². The smallest absolute Gasteiger partial charge is 0.211 e. The van der Waals surface area contributed by atoms with E-state index < -0.39 is 10.0 Å². The van der Waals surface area contributed by atoms with E-state index in [2.05, 4.69) is 15.1 Å². The first-order chi connectivity index (χ1) is 9.03. The van der Waals surface area contributed by atoms with Crippen LogP contribution in [-0.4, -0.2) is 43.1 Å². The molecular formula is C12H24N4O2S.